The number of nitrogens with zero attached hydrogens (tertiary/aromatic N) is 3. The highest BCUT2D eigenvalue weighted by molar-refractivity contribution is 5.95. The highest BCUT2D eigenvalue weighted by atomic mass is 16.6. The number of carboxylic acid groups (broad SMARTS) is 1. The summed E-state index contributed by atoms with van der Waals surface area (Å²) in [4.78, 5) is 25.9. The van der Waals surface area contributed by atoms with Gasteiger partial charge in [-0.05, 0) is 45.1 Å². The van der Waals surface area contributed by atoms with Crippen LogP contribution in [0, 0.1) is 10.1 Å². The Hall–Kier alpha value is -2.15. The van der Waals surface area contributed by atoms with Crippen LogP contribution in [0.25, 0.3) is 0 Å². The Morgan fingerprint density at radius 1 is 1.43 bits per heavy atom. The Morgan fingerprint density at radius 3 is 2.57 bits per heavy atom. The molecule has 1 aromatic rings. The van der Waals surface area contributed by atoms with E-state index in [0.29, 0.717) is 5.69 Å². The van der Waals surface area contributed by atoms with E-state index in [1.165, 1.54) is 6.07 Å². The van der Waals surface area contributed by atoms with Crippen molar-refractivity contribution in [1.82, 2.24) is 4.90 Å². The fraction of sp³-hybridized carbons (Fsp3) is 0.500. The van der Waals surface area contributed by atoms with Crippen molar-refractivity contribution in [2.75, 3.05) is 32.1 Å². The van der Waals surface area contributed by atoms with E-state index >= 15 is 0 Å². The van der Waals surface area contributed by atoms with Crippen LogP contribution < -0.4 is 4.90 Å². The summed E-state index contributed by atoms with van der Waals surface area (Å²) in [6.45, 7) is 1.86. The van der Waals surface area contributed by atoms with Gasteiger partial charge in [-0.2, -0.15) is 0 Å². The van der Waals surface area contributed by atoms with Gasteiger partial charge in [0.2, 0.25) is 0 Å². The number of carbonyl (C=O) groups is 1. The second-order valence-corrected chi connectivity index (χ2v) is 5.38. The van der Waals surface area contributed by atoms with Crippen molar-refractivity contribution in [3.63, 3.8) is 0 Å². The van der Waals surface area contributed by atoms with Gasteiger partial charge in [0, 0.05) is 13.1 Å². The minimum absolute atomic E-state index is 0.184. The topological polar surface area (TPSA) is 86.9 Å². The molecule has 1 heterocycles. The van der Waals surface area contributed by atoms with Gasteiger partial charge in [-0.15, -0.1) is 0 Å². The fourth-order valence-electron chi connectivity index (χ4n) is 2.76. The minimum atomic E-state index is -1.28. The Balaban J connectivity index is 2.36. The van der Waals surface area contributed by atoms with Crippen LogP contribution in [0.3, 0.4) is 0 Å². The molecule has 7 nitrogen and oxygen atoms in total. The predicted molar refractivity (Wildman–Crippen MR) is 79.0 cm³/mol. The van der Waals surface area contributed by atoms with Crippen molar-refractivity contribution < 1.29 is 14.8 Å². The molecule has 0 radical (unpaired) electrons. The molecule has 114 valence electrons. The van der Waals surface area contributed by atoms with Gasteiger partial charge in [-0.3, -0.25) is 10.1 Å². The molecule has 1 aliphatic rings. The van der Waals surface area contributed by atoms with Crippen LogP contribution in [0.1, 0.15) is 23.2 Å². The lowest BCUT2D eigenvalue weighted by molar-refractivity contribution is -0.384. The van der Waals surface area contributed by atoms with Crippen molar-refractivity contribution in [1.29, 1.82) is 0 Å². The molecule has 0 aromatic heterocycles. The summed E-state index contributed by atoms with van der Waals surface area (Å²) in [6, 6.07) is 4.62. The molecule has 0 unspecified atom stereocenters. The van der Waals surface area contributed by atoms with Crippen LogP contribution >= 0.6 is 0 Å². The third-order valence-corrected chi connectivity index (χ3v) is 4.04. The van der Waals surface area contributed by atoms with E-state index in [1.807, 2.05) is 11.9 Å². The van der Waals surface area contributed by atoms with Crippen LogP contribution in [-0.4, -0.2) is 54.1 Å². The Bertz CT molecular complexity index is 553. The van der Waals surface area contributed by atoms with Gasteiger partial charge in [-0.1, -0.05) is 6.07 Å². The average Bonchev–Trinajstić information content (AvgIpc) is 2.46. The number of nitro groups is 1. The molecule has 1 N–H and O–H groups in total. The maximum atomic E-state index is 11.3. The highest BCUT2D eigenvalue weighted by Gasteiger charge is 2.29. The summed E-state index contributed by atoms with van der Waals surface area (Å²) in [5, 5.41) is 20.4. The van der Waals surface area contributed by atoms with E-state index in [9.17, 15) is 14.9 Å². The van der Waals surface area contributed by atoms with Gasteiger partial charge < -0.3 is 14.9 Å². The zero-order valence-electron chi connectivity index (χ0n) is 12.2. The number of nitro benzene ring substituents is 1. The van der Waals surface area contributed by atoms with Gasteiger partial charge in [0.1, 0.15) is 11.3 Å². The third-order valence-electron chi connectivity index (χ3n) is 4.04. The summed E-state index contributed by atoms with van der Waals surface area (Å²) in [6.07, 6.45) is 1.81. The quantitative estimate of drug-likeness (QED) is 0.673. The predicted octanol–water partition coefficient (Wildman–Crippen LogP) is 1.82. The fourth-order valence-corrected chi connectivity index (χ4v) is 2.76. The van der Waals surface area contributed by atoms with E-state index < -0.39 is 10.9 Å². The first-order valence-corrected chi connectivity index (χ1v) is 6.84. The number of aromatic carboxylic acids is 1. The van der Waals surface area contributed by atoms with Crippen LogP contribution in [0.4, 0.5) is 11.4 Å². The Labute approximate surface area is 122 Å². The van der Waals surface area contributed by atoms with E-state index in [-0.39, 0.29) is 17.3 Å². The van der Waals surface area contributed by atoms with E-state index in [2.05, 4.69) is 4.90 Å². The van der Waals surface area contributed by atoms with Crippen LogP contribution in [0.5, 0.6) is 0 Å². The molecular formula is C14H19N3O4. The zero-order chi connectivity index (χ0) is 15.6. The summed E-state index contributed by atoms with van der Waals surface area (Å²) < 4.78 is 0. The van der Waals surface area contributed by atoms with Crippen molar-refractivity contribution in [3.8, 4) is 0 Å². The minimum Gasteiger partial charge on any atom is -0.477 e. The monoisotopic (exact) mass is 293 g/mol. The number of benzene rings is 1. The lowest BCUT2D eigenvalue weighted by atomic mass is 10.0. The molecule has 1 fully saturated rings. The molecule has 0 aliphatic carbocycles. The average molecular weight is 293 g/mol. The molecule has 0 spiro atoms. The molecule has 7 heteroatoms. The highest BCUT2D eigenvalue weighted by Crippen LogP contribution is 2.33. The lowest BCUT2D eigenvalue weighted by Crippen LogP contribution is -2.42. The normalized spacial score (nSPS) is 16.7. The molecule has 21 heavy (non-hydrogen) atoms. The molecule has 1 aromatic carbocycles. The largest absolute Gasteiger partial charge is 0.477 e. The standard InChI is InChI=1S/C14H19N3O4/c1-15-8-6-10(7-9-15)16(2)12-5-3-4-11(14(18)19)13(12)17(20)21/h3-5,10H,6-9H2,1-2H3,(H,18,19). The third kappa shape index (κ3) is 3.13. The van der Waals surface area contributed by atoms with Crippen LogP contribution in [0.2, 0.25) is 0 Å². The van der Waals surface area contributed by atoms with Crippen LogP contribution in [0.15, 0.2) is 18.2 Å². The zero-order valence-corrected chi connectivity index (χ0v) is 12.2. The number of carboxylic acids is 1. The molecular weight excluding hydrogens is 274 g/mol. The van der Waals surface area contributed by atoms with E-state index in [4.69, 9.17) is 5.11 Å². The van der Waals surface area contributed by atoms with Crippen LogP contribution in [-0.2, 0) is 0 Å². The first kappa shape index (κ1) is 15.2. The van der Waals surface area contributed by atoms with Gasteiger partial charge in [0.05, 0.1) is 4.92 Å². The number of hydrogen-bond acceptors (Lipinski definition) is 5. The van der Waals surface area contributed by atoms with E-state index in [1.54, 1.807) is 19.2 Å². The van der Waals surface area contributed by atoms with Crippen molar-refractivity contribution in [2.24, 2.45) is 0 Å². The summed E-state index contributed by atoms with van der Waals surface area (Å²) in [5.41, 5.74) is -0.224. The first-order chi connectivity index (χ1) is 9.91. The van der Waals surface area contributed by atoms with Gasteiger partial charge in [0.25, 0.3) is 0 Å². The number of hydrogen-bond donors (Lipinski definition) is 1. The summed E-state index contributed by atoms with van der Waals surface area (Å²) in [7, 11) is 3.84. The van der Waals surface area contributed by atoms with Gasteiger partial charge in [0.15, 0.2) is 0 Å². The van der Waals surface area contributed by atoms with Crippen molar-refractivity contribution in [3.05, 3.63) is 33.9 Å². The number of likely N-dealkylation sites (tertiary alicyclic amines) is 1. The number of anilines is 1. The number of piperidine rings is 1. The number of rotatable bonds is 4. The summed E-state index contributed by atoms with van der Waals surface area (Å²) >= 11 is 0. The summed E-state index contributed by atoms with van der Waals surface area (Å²) in [5.74, 6) is -1.28. The van der Waals surface area contributed by atoms with Crippen molar-refractivity contribution >= 4 is 17.3 Å². The SMILES string of the molecule is CN1CCC(N(C)c2cccc(C(=O)O)c2[N+](=O)[O-])CC1. The van der Waals surface area contributed by atoms with Gasteiger partial charge in [-0.25, -0.2) is 4.79 Å². The van der Waals surface area contributed by atoms with Crippen molar-refractivity contribution in [2.45, 2.75) is 18.9 Å². The molecule has 1 saturated heterocycles. The first-order valence-electron chi connectivity index (χ1n) is 6.84. The Morgan fingerprint density at radius 2 is 2.05 bits per heavy atom. The molecule has 0 amide bonds. The molecule has 0 saturated carbocycles. The van der Waals surface area contributed by atoms with Gasteiger partial charge >= 0.3 is 11.7 Å². The van der Waals surface area contributed by atoms with E-state index in [0.717, 1.165) is 25.9 Å². The molecule has 2 rings (SSSR count). The smallest absolute Gasteiger partial charge is 0.342 e. The lowest BCUT2D eigenvalue weighted by Gasteiger charge is -2.36. The maximum Gasteiger partial charge on any atom is 0.342 e. The second kappa shape index (κ2) is 6.09. The maximum absolute atomic E-state index is 11.3. The molecule has 0 bridgehead atoms. The second-order valence-electron chi connectivity index (χ2n) is 5.38. The Kier molecular flexibility index (Phi) is 4.42. The molecule has 1 aliphatic heterocycles. The molecule has 0 atom stereocenters. The number of para-hydroxylation sites is 1.